The largest absolute Gasteiger partial charge is 0.326 e. The normalized spacial score (nSPS) is 11.3. The van der Waals surface area contributed by atoms with Crippen LogP contribution in [-0.2, 0) is 14.8 Å². The lowest BCUT2D eigenvalue weighted by atomic mass is 10.1. The van der Waals surface area contributed by atoms with Crippen molar-refractivity contribution in [2.75, 3.05) is 22.4 Å². The van der Waals surface area contributed by atoms with Crippen molar-refractivity contribution in [3.05, 3.63) is 58.7 Å². The summed E-state index contributed by atoms with van der Waals surface area (Å²) in [6.07, 6.45) is 1.23. The Bertz CT molecular complexity index is 900. The maximum Gasteiger partial charge on any atom is 0.232 e. The quantitative estimate of drug-likeness (QED) is 0.838. The summed E-state index contributed by atoms with van der Waals surface area (Å²) in [5, 5.41) is 2.84. The lowest BCUT2D eigenvalue weighted by Crippen LogP contribution is -2.33. The molecule has 0 heterocycles. The number of aryl methyl sites for hydroxylation is 4. The van der Waals surface area contributed by atoms with Crippen molar-refractivity contribution >= 4 is 27.3 Å². The molecule has 2 aromatic rings. The third-order valence-corrected chi connectivity index (χ3v) is 5.42. The molecule has 0 saturated heterocycles. The number of hydrogen-bond donors (Lipinski definition) is 1. The standard InChI is InChI=1S/C20H26N2O3S/c1-14-10-15(2)12-18(11-14)21-20(23)8-9-22(26(5,24)25)19-7-6-16(3)17(4)13-19/h6-7,10-13H,8-9H2,1-5H3,(H,21,23). The zero-order valence-electron chi connectivity index (χ0n) is 16.0. The van der Waals surface area contributed by atoms with Gasteiger partial charge in [0.05, 0.1) is 11.9 Å². The number of anilines is 2. The third kappa shape index (κ3) is 5.33. The summed E-state index contributed by atoms with van der Waals surface area (Å²) in [4.78, 5) is 12.3. The number of carbonyl (C=O) groups is 1. The van der Waals surface area contributed by atoms with Crippen LogP contribution in [0, 0.1) is 27.7 Å². The van der Waals surface area contributed by atoms with E-state index in [-0.39, 0.29) is 18.9 Å². The first-order valence-corrected chi connectivity index (χ1v) is 10.3. The van der Waals surface area contributed by atoms with E-state index in [2.05, 4.69) is 5.32 Å². The number of sulfonamides is 1. The van der Waals surface area contributed by atoms with Crippen LogP contribution >= 0.6 is 0 Å². The fraction of sp³-hybridized carbons (Fsp3) is 0.350. The molecule has 0 aromatic heterocycles. The third-order valence-electron chi connectivity index (χ3n) is 4.23. The average Bonchev–Trinajstić information content (AvgIpc) is 2.48. The molecule has 0 radical (unpaired) electrons. The molecule has 2 aromatic carbocycles. The Morgan fingerprint density at radius 2 is 1.58 bits per heavy atom. The van der Waals surface area contributed by atoms with Crippen molar-refractivity contribution in [2.45, 2.75) is 34.1 Å². The van der Waals surface area contributed by atoms with E-state index in [0.29, 0.717) is 5.69 Å². The van der Waals surface area contributed by atoms with Gasteiger partial charge in [0.25, 0.3) is 0 Å². The molecule has 0 aliphatic rings. The summed E-state index contributed by atoms with van der Waals surface area (Å²) in [5.41, 5.74) is 5.53. The van der Waals surface area contributed by atoms with Gasteiger partial charge in [0, 0.05) is 18.7 Å². The Morgan fingerprint density at radius 1 is 0.962 bits per heavy atom. The van der Waals surface area contributed by atoms with Crippen LogP contribution in [0.2, 0.25) is 0 Å². The van der Waals surface area contributed by atoms with E-state index in [1.54, 1.807) is 6.07 Å². The lowest BCUT2D eigenvalue weighted by Gasteiger charge is -2.23. The molecule has 0 saturated carbocycles. The number of benzene rings is 2. The molecule has 0 bridgehead atoms. The van der Waals surface area contributed by atoms with E-state index in [9.17, 15) is 13.2 Å². The van der Waals surface area contributed by atoms with Gasteiger partial charge in [-0.15, -0.1) is 0 Å². The number of hydrogen-bond acceptors (Lipinski definition) is 3. The van der Waals surface area contributed by atoms with Crippen molar-refractivity contribution in [1.82, 2.24) is 0 Å². The van der Waals surface area contributed by atoms with Crippen LogP contribution in [0.15, 0.2) is 36.4 Å². The van der Waals surface area contributed by atoms with E-state index in [1.807, 2.05) is 58.0 Å². The second-order valence-electron chi connectivity index (χ2n) is 6.78. The van der Waals surface area contributed by atoms with Gasteiger partial charge >= 0.3 is 0 Å². The minimum absolute atomic E-state index is 0.0764. The zero-order chi connectivity index (χ0) is 19.5. The Kier molecular flexibility index (Phi) is 6.08. The van der Waals surface area contributed by atoms with E-state index in [4.69, 9.17) is 0 Å². The molecule has 6 heteroatoms. The molecule has 0 spiro atoms. The number of nitrogens with one attached hydrogen (secondary N) is 1. The summed E-state index contributed by atoms with van der Waals surface area (Å²) >= 11 is 0. The van der Waals surface area contributed by atoms with Crippen LogP contribution in [-0.4, -0.2) is 27.1 Å². The van der Waals surface area contributed by atoms with Gasteiger partial charge < -0.3 is 5.32 Å². The van der Waals surface area contributed by atoms with Crippen molar-refractivity contribution < 1.29 is 13.2 Å². The smallest absolute Gasteiger partial charge is 0.232 e. The maximum absolute atomic E-state index is 12.3. The minimum Gasteiger partial charge on any atom is -0.326 e. The van der Waals surface area contributed by atoms with E-state index < -0.39 is 10.0 Å². The van der Waals surface area contributed by atoms with Gasteiger partial charge in [0.2, 0.25) is 15.9 Å². The van der Waals surface area contributed by atoms with Crippen LogP contribution < -0.4 is 9.62 Å². The van der Waals surface area contributed by atoms with E-state index >= 15 is 0 Å². The summed E-state index contributed by atoms with van der Waals surface area (Å²) in [6.45, 7) is 7.94. The molecule has 1 N–H and O–H groups in total. The van der Waals surface area contributed by atoms with Crippen molar-refractivity contribution in [1.29, 1.82) is 0 Å². The lowest BCUT2D eigenvalue weighted by molar-refractivity contribution is -0.116. The SMILES string of the molecule is Cc1cc(C)cc(NC(=O)CCN(c2ccc(C)c(C)c2)S(C)(=O)=O)c1. The van der Waals surface area contributed by atoms with Gasteiger partial charge in [-0.3, -0.25) is 9.10 Å². The highest BCUT2D eigenvalue weighted by Crippen LogP contribution is 2.22. The molecule has 1 amide bonds. The van der Waals surface area contributed by atoms with Crippen LogP contribution in [0.1, 0.15) is 28.7 Å². The Balaban J connectivity index is 2.12. The molecule has 0 fully saturated rings. The average molecular weight is 375 g/mol. The fourth-order valence-electron chi connectivity index (χ4n) is 2.84. The van der Waals surface area contributed by atoms with Crippen LogP contribution in [0.3, 0.4) is 0 Å². The Labute approximate surface area is 156 Å². The van der Waals surface area contributed by atoms with Gasteiger partial charge in [0.1, 0.15) is 0 Å². The first-order valence-electron chi connectivity index (χ1n) is 8.49. The number of nitrogens with zero attached hydrogens (tertiary/aromatic N) is 1. The molecular formula is C20H26N2O3S. The minimum atomic E-state index is -3.48. The van der Waals surface area contributed by atoms with Crippen molar-refractivity contribution in [3.8, 4) is 0 Å². The first-order chi connectivity index (χ1) is 12.1. The Hall–Kier alpha value is -2.34. The topological polar surface area (TPSA) is 66.5 Å². The molecule has 0 aliphatic carbocycles. The second-order valence-corrected chi connectivity index (χ2v) is 8.69. The van der Waals surface area contributed by atoms with Gasteiger partial charge in [-0.25, -0.2) is 8.42 Å². The summed E-state index contributed by atoms with van der Waals surface area (Å²) in [6, 6.07) is 11.3. The highest BCUT2D eigenvalue weighted by atomic mass is 32.2. The molecule has 5 nitrogen and oxygen atoms in total. The predicted octanol–water partition coefficient (Wildman–Crippen LogP) is 3.72. The van der Waals surface area contributed by atoms with E-state index in [1.165, 1.54) is 4.31 Å². The van der Waals surface area contributed by atoms with Gasteiger partial charge in [0.15, 0.2) is 0 Å². The molecule has 2 rings (SSSR count). The summed E-state index contributed by atoms with van der Waals surface area (Å²) in [5.74, 6) is -0.215. The zero-order valence-corrected chi connectivity index (χ0v) is 16.8. The molecule has 0 atom stereocenters. The van der Waals surface area contributed by atoms with E-state index in [0.717, 1.165) is 34.2 Å². The predicted molar refractivity (Wildman–Crippen MR) is 107 cm³/mol. The van der Waals surface area contributed by atoms with Crippen LogP contribution in [0.25, 0.3) is 0 Å². The summed E-state index contributed by atoms with van der Waals surface area (Å²) in [7, 11) is -3.48. The Morgan fingerprint density at radius 3 is 2.12 bits per heavy atom. The number of amides is 1. The fourth-order valence-corrected chi connectivity index (χ4v) is 3.76. The molecule has 140 valence electrons. The van der Waals surface area contributed by atoms with Crippen molar-refractivity contribution in [3.63, 3.8) is 0 Å². The van der Waals surface area contributed by atoms with Gasteiger partial charge in [-0.2, -0.15) is 0 Å². The number of rotatable bonds is 6. The molecule has 0 aliphatic heterocycles. The highest BCUT2D eigenvalue weighted by Gasteiger charge is 2.19. The monoisotopic (exact) mass is 374 g/mol. The van der Waals surface area contributed by atoms with Crippen molar-refractivity contribution in [2.24, 2.45) is 0 Å². The molecule has 26 heavy (non-hydrogen) atoms. The molecular weight excluding hydrogens is 348 g/mol. The highest BCUT2D eigenvalue weighted by molar-refractivity contribution is 7.92. The second kappa shape index (κ2) is 7.91. The molecule has 0 unspecified atom stereocenters. The number of carbonyl (C=O) groups excluding carboxylic acids is 1. The van der Waals surface area contributed by atoms with Crippen LogP contribution in [0.4, 0.5) is 11.4 Å². The first kappa shape index (κ1) is 20.0. The summed E-state index contributed by atoms with van der Waals surface area (Å²) < 4.78 is 25.6. The van der Waals surface area contributed by atoms with Gasteiger partial charge in [-0.1, -0.05) is 12.1 Å². The van der Waals surface area contributed by atoms with Gasteiger partial charge in [-0.05, 0) is 74.2 Å². The van der Waals surface area contributed by atoms with Crippen LogP contribution in [0.5, 0.6) is 0 Å². The maximum atomic E-state index is 12.3.